The van der Waals surface area contributed by atoms with Crippen molar-refractivity contribution in [1.82, 2.24) is 14.7 Å². The number of hydrogen-bond donors (Lipinski definition) is 3. The molecule has 2 saturated heterocycles. The first-order valence-corrected chi connectivity index (χ1v) is 11.8. The molecule has 0 amide bonds. The number of nitrogens with zero attached hydrogens (tertiary/aromatic N) is 3. The second kappa shape index (κ2) is 16.0. The van der Waals surface area contributed by atoms with Crippen molar-refractivity contribution in [3.05, 3.63) is 60.2 Å². The van der Waals surface area contributed by atoms with Crippen LogP contribution in [0.2, 0.25) is 0 Å². The van der Waals surface area contributed by atoms with Gasteiger partial charge in [0.25, 0.3) is 12.9 Å². The van der Waals surface area contributed by atoms with E-state index in [0.29, 0.717) is 0 Å². The van der Waals surface area contributed by atoms with Gasteiger partial charge in [0.1, 0.15) is 0 Å². The van der Waals surface area contributed by atoms with Gasteiger partial charge in [0.2, 0.25) is 0 Å². The first kappa shape index (κ1) is 27.5. The van der Waals surface area contributed by atoms with Crippen LogP contribution in [0.25, 0.3) is 11.1 Å². The molecule has 0 unspecified atom stereocenters. The van der Waals surface area contributed by atoms with Crippen molar-refractivity contribution in [1.29, 1.82) is 0 Å². The fourth-order valence-corrected chi connectivity index (χ4v) is 4.73. The average molecular weight is 472 g/mol. The number of likely N-dealkylation sites (tertiary alicyclic amines) is 1. The van der Waals surface area contributed by atoms with Crippen LogP contribution in [-0.4, -0.2) is 101 Å². The minimum Gasteiger partial charge on any atom is -0.483 e. The van der Waals surface area contributed by atoms with Gasteiger partial charge in [-0.25, -0.2) is 0 Å². The van der Waals surface area contributed by atoms with Gasteiger partial charge in [-0.15, -0.1) is 0 Å². The highest BCUT2D eigenvalue weighted by atomic mass is 16.3. The lowest BCUT2D eigenvalue weighted by molar-refractivity contribution is -0.123. The predicted octanol–water partition coefficient (Wildman–Crippen LogP) is 2.33. The van der Waals surface area contributed by atoms with Gasteiger partial charge in [0, 0.05) is 45.3 Å². The van der Waals surface area contributed by atoms with Crippen molar-refractivity contribution in [2.75, 3.05) is 52.4 Å². The van der Waals surface area contributed by atoms with Gasteiger partial charge in [-0.1, -0.05) is 54.6 Å². The van der Waals surface area contributed by atoms with Gasteiger partial charge in [-0.2, -0.15) is 0 Å². The van der Waals surface area contributed by atoms with Crippen LogP contribution >= 0.6 is 0 Å². The molecule has 2 aliphatic rings. The van der Waals surface area contributed by atoms with Gasteiger partial charge in [-0.3, -0.25) is 24.3 Å². The third-order valence-electron chi connectivity index (χ3n) is 6.39. The van der Waals surface area contributed by atoms with Gasteiger partial charge in [-0.05, 0) is 42.6 Å². The highest BCUT2D eigenvalue weighted by Gasteiger charge is 2.27. The summed E-state index contributed by atoms with van der Waals surface area (Å²) in [6.07, 6.45) is 2.54. The van der Waals surface area contributed by atoms with Crippen LogP contribution in [-0.2, 0) is 16.1 Å². The summed E-state index contributed by atoms with van der Waals surface area (Å²) in [6, 6.07) is 20.3. The number of rotatable bonds is 6. The number of piperazine rings is 1. The van der Waals surface area contributed by atoms with E-state index in [0.717, 1.165) is 45.3 Å². The van der Waals surface area contributed by atoms with Crippen molar-refractivity contribution < 1.29 is 24.9 Å². The Morgan fingerprint density at radius 1 is 0.765 bits per heavy atom. The largest absolute Gasteiger partial charge is 0.483 e. The molecule has 0 spiro atoms. The van der Waals surface area contributed by atoms with E-state index in [1.54, 1.807) is 0 Å². The molecule has 0 bridgehead atoms. The number of carbonyl (C=O) groups is 2. The molecule has 0 atom stereocenters. The van der Waals surface area contributed by atoms with E-state index in [2.05, 4.69) is 69.3 Å². The maximum atomic E-state index is 9.11. The number of aliphatic hydroxyl groups is 1. The molecule has 186 valence electrons. The van der Waals surface area contributed by atoms with Crippen LogP contribution in [0.15, 0.2) is 54.6 Å². The van der Waals surface area contributed by atoms with Crippen LogP contribution in [0, 0.1) is 0 Å². The number of aliphatic hydroxyl groups excluding tert-OH is 1. The van der Waals surface area contributed by atoms with E-state index >= 15 is 0 Å². The summed E-state index contributed by atoms with van der Waals surface area (Å²) in [5, 5.41) is 22.9. The van der Waals surface area contributed by atoms with Crippen molar-refractivity contribution in [3.63, 3.8) is 0 Å². The highest BCUT2D eigenvalue weighted by Crippen LogP contribution is 2.26. The van der Waals surface area contributed by atoms with Crippen molar-refractivity contribution in [3.8, 4) is 11.1 Å². The Labute approximate surface area is 202 Å². The van der Waals surface area contributed by atoms with Crippen LogP contribution in [0.5, 0.6) is 0 Å². The Hall–Kier alpha value is -2.78. The smallest absolute Gasteiger partial charge is 0.290 e. The molecule has 0 saturated carbocycles. The maximum absolute atomic E-state index is 9.11. The van der Waals surface area contributed by atoms with E-state index in [1.165, 1.54) is 42.6 Å². The predicted molar refractivity (Wildman–Crippen MR) is 133 cm³/mol. The third-order valence-corrected chi connectivity index (χ3v) is 6.39. The molecule has 4 rings (SSSR count). The Balaban J connectivity index is 0.000000618. The van der Waals surface area contributed by atoms with Crippen LogP contribution in [0.3, 0.4) is 0 Å². The molecule has 34 heavy (non-hydrogen) atoms. The molecular formula is C26H37N3O5. The molecule has 0 aromatic heterocycles. The Morgan fingerprint density at radius 2 is 1.32 bits per heavy atom. The molecule has 0 aliphatic carbocycles. The average Bonchev–Trinajstić information content (AvgIpc) is 2.87. The first-order chi connectivity index (χ1) is 16.7. The second-order valence-corrected chi connectivity index (χ2v) is 8.34. The fourth-order valence-electron chi connectivity index (χ4n) is 4.73. The van der Waals surface area contributed by atoms with Crippen LogP contribution < -0.4 is 0 Å². The Bertz CT molecular complexity index is 814. The molecule has 2 aliphatic heterocycles. The number of benzene rings is 2. The molecule has 2 heterocycles. The molecule has 3 N–H and O–H groups in total. The molecule has 8 nitrogen and oxygen atoms in total. The summed E-state index contributed by atoms with van der Waals surface area (Å²) in [7, 11) is 0. The Morgan fingerprint density at radius 3 is 1.91 bits per heavy atom. The van der Waals surface area contributed by atoms with Gasteiger partial charge < -0.3 is 15.3 Å². The minimum atomic E-state index is -0.250. The first-order valence-electron chi connectivity index (χ1n) is 11.8. The van der Waals surface area contributed by atoms with Crippen LogP contribution in [0.4, 0.5) is 0 Å². The van der Waals surface area contributed by atoms with E-state index in [-0.39, 0.29) is 19.6 Å². The topological polar surface area (TPSA) is 105 Å². The molecule has 2 fully saturated rings. The van der Waals surface area contributed by atoms with Crippen molar-refractivity contribution in [2.45, 2.75) is 25.4 Å². The lowest BCUT2D eigenvalue weighted by Gasteiger charge is -2.42. The normalized spacial score (nSPS) is 17.6. The molecule has 2 aromatic carbocycles. The fraction of sp³-hybridized carbons (Fsp3) is 0.462. The SMILES string of the molecule is O=CO.O=CO.OCCN1CCN(C2CCN(Cc3ccccc3-c3ccccc3)CC2)CC1. The lowest BCUT2D eigenvalue weighted by Crippen LogP contribution is -2.53. The van der Waals surface area contributed by atoms with Crippen molar-refractivity contribution in [2.24, 2.45) is 0 Å². The van der Waals surface area contributed by atoms with E-state index in [1.807, 2.05) is 0 Å². The number of carboxylic acid groups (broad SMARTS) is 2. The van der Waals surface area contributed by atoms with E-state index in [9.17, 15) is 0 Å². The third kappa shape index (κ3) is 8.87. The summed E-state index contributed by atoms with van der Waals surface area (Å²) in [6.45, 7) is 8.53. The summed E-state index contributed by atoms with van der Waals surface area (Å²) in [5.74, 6) is 0. The second-order valence-electron chi connectivity index (χ2n) is 8.34. The minimum absolute atomic E-state index is 0.250. The summed E-state index contributed by atoms with van der Waals surface area (Å²) in [4.78, 5) is 24.4. The Kier molecular flexibility index (Phi) is 12.9. The molecule has 0 radical (unpaired) electrons. The monoisotopic (exact) mass is 471 g/mol. The zero-order valence-electron chi connectivity index (χ0n) is 19.7. The number of hydrogen-bond acceptors (Lipinski definition) is 6. The van der Waals surface area contributed by atoms with E-state index < -0.39 is 0 Å². The molecule has 2 aromatic rings. The standard InChI is InChI=1S/C24H33N3O.2CH2O2/c28-19-18-25-14-16-27(17-15-25)23-10-12-26(13-11-23)20-22-8-4-5-9-24(22)21-6-2-1-3-7-21;2*2-1-3/h1-9,23,28H,10-20H2;2*1H,(H,2,3). The summed E-state index contributed by atoms with van der Waals surface area (Å²) in [5.41, 5.74) is 4.11. The number of piperidine rings is 1. The van der Waals surface area contributed by atoms with Gasteiger partial charge >= 0.3 is 0 Å². The summed E-state index contributed by atoms with van der Waals surface area (Å²) >= 11 is 0. The van der Waals surface area contributed by atoms with Gasteiger partial charge in [0.05, 0.1) is 6.61 Å². The number of β-amino-alcohol motifs (C(OH)–C–C–N with tert-alkyl or cyclic N) is 1. The van der Waals surface area contributed by atoms with Gasteiger partial charge in [0.15, 0.2) is 0 Å². The maximum Gasteiger partial charge on any atom is 0.290 e. The molecular weight excluding hydrogens is 434 g/mol. The zero-order valence-corrected chi connectivity index (χ0v) is 19.7. The van der Waals surface area contributed by atoms with Crippen LogP contribution in [0.1, 0.15) is 18.4 Å². The highest BCUT2D eigenvalue weighted by molar-refractivity contribution is 5.67. The zero-order chi connectivity index (χ0) is 24.6. The summed E-state index contributed by atoms with van der Waals surface area (Å²) < 4.78 is 0. The quantitative estimate of drug-likeness (QED) is 0.552. The molecule has 8 heteroatoms. The van der Waals surface area contributed by atoms with Crippen molar-refractivity contribution >= 4 is 12.9 Å². The lowest BCUT2D eigenvalue weighted by atomic mass is 9.97. The van der Waals surface area contributed by atoms with E-state index in [4.69, 9.17) is 24.9 Å².